The minimum atomic E-state index is 0.572. The summed E-state index contributed by atoms with van der Waals surface area (Å²) in [6.45, 7) is 3.88. The molecule has 4 heteroatoms. The van der Waals surface area contributed by atoms with Crippen LogP contribution in [0.15, 0.2) is 41.4 Å². The van der Waals surface area contributed by atoms with Crippen molar-refractivity contribution in [2.45, 2.75) is 13.8 Å². The van der Waals surface area contributed by atoms with Crippen molar-refractivity contribution in [3.63, 3.8) is 0 Å². The van der Waals surface area contributed by atoms with Crippen LogP contribution in [0.1, 0.15) is 13.8 Å². The molecule has 19 heavy (non-hydrogen) atoms. The van der Waals surface area contributed by atoms with Gasteiger partial charge in [-0.15, -0.1) is 0 Å². The molecule has 2 rings (SSSR count). The van der Waals surface area contributed by atoms with Crippen molar-refractivity contribution in [3.8, 4) is 11.1 Å². The highest BCUT2D eigenvalue weighted by Crippen LogP contribution is 2.31. The Morgan fingerprint density at radius 2 is 1.37 bits per heavy atom. The number of hydrogen-bond acceptors (Lipinski definition) is 4. The van der Waals surface area contributed by atoms with Crippen LogP contribution in [0.25, 0.3) is 11.1 Å². The van der Waals surface area contributed by atoms with E-state index in [0.717, 1.165) is 22.5 Å². The minimum Gasteiger partial charge on any atom is -0.397 e. The Labute approximate surface area is 112 Å². The highest BCUT2D eigenvalue weighted by atomic mass is 14.8. The highest BCUT2D eigenvalue weighted by Gasteiger charge is 2.04. The van der Waals surface area contributed by atoms with Crippen molar-refractivity contribution in [2.75, 3.05) is 17.2 Å². The van der Waals surface area contributed by atoms with Crippen LogP contribution in [0.2, 0.25) is 0 Å². The van der Waals surface area contributed by atoms with E-state index in [0.29, 0.717) is 17.1 Å². The average Bonchev–Trinajstić information content (AvgIpc) is 2.35. The zero-order valence-electron chi connectivity index (χ0n) is 11.1. The smallest absolute Gasteiger partial charge is 0.0858 e. The molecular weight excluding hydrogens is 236 g/mol. The van der Waals surface area contributed by atoms with Gasteiger partial charge in [0.05, 0.1) is 22.7 Å². The second-order valence-corrected chi connectivity index (χ2v) is 4.68. The fourth-order valence-corrected chi connectivity index (χ4v) is 1.83. The molecule has 0 bridgehead atoms. The summed E-state index contributed by atoms with van der Waals surface area (Å²) < 4.78 is 0. The van der Waals surface area contributed by atoms with Crippen LogP contribution in [0.5, 0.6) is 0 Å². The number of nitrogens with two attached hydrogens (primary N) is 3. The normalized spacial score (nSPS) is 10.2. The number of hydrogen-bond donors (Lipinski definition) is 3. The molecule has 2 aromatic rings. The quantitative estimate of drug-likeness (QED) is 0.567. The summed E-state index contributed by atoms with van der Waals surface area (Å²) >= 11 is 0. The standard InChI is InChI=1S/C15H18N4/c1-9(2)19-15-6-4-11(8-14(15)18)10-3-5-12(16)13(17)7-10/h3-8H,16-18H2,1-2H3. The summed E-state index contributed by atoms with van der Waals surface area (Å²) in [5, 5.41) is 0. The largest absolute Gasteiger partial charge is 0.397 e. The fraction of sp³-hybridized carbons (Fsp3) is 0.133. The zero-order chi connectivity index (χ0) is 14.0. The monoisotopic (exact) mass is 254 g/mol. The fourth-order valence-electron chi connectivity index (χ4n) is 1.83. The third-order valence-corrected chi connectivity index (χ3v) is 2.79. The van der Waals surface area contributed by atoms with E-state index in [-0.39, 0.29) is 0 Å². The van der Waals surface area contributed by atoms with Crippen LogP contribution in [0, 0.1) is 0 Å². The lowest BCUT2D eigenvalue weighted by molar-refractivity contribution is 1.47. The maximum atomic E-state index is 6.01. The third-order valence-electron chi connectivity index (χ3n) is 2.79. The van der Waals surface area contributed by atoms with Crippen LogP contribution in [-0.2, 0) is 0 Å². The Morgan fingerprint density at radius 3 is 1.89 bits per heavy atom. The zero-order valence-corrected chi connectivity index (χ0v) is 11.1. The van der Waals surface area contributed by atoms with Crippen molar-refractivity contribution in [1.82, 2.24) is 0 Å². The van der Waals surface area contributed by atoms with Crippen molar-refractivity contribution in [1.29, 1.82) is 0 Å². The van der Waals surface area contributed by atoms with Crippen molar-refractivity contribution in [3.05, 3.63) is 36.4 Å². The lowest BCUT2D eigenvalue weighted by atomic mass is 10.0. The van der Waals surface area contributed by atoms with E-state index in [1.807, 2.05) is 44.2 Å². The minimum absolute atomic E-state index is 0.572. The molecule has 0 aliphatic rings. The molecule has 0 aromatic heterocycles. The van der Waals surface area contributed by atoms with Crippen LogP contribution in [-0.4, -0.2) is 5.71 Å². The van der Waals surface area contributed by atoms with E-state index in [9.17, 15) is 0 Å². The SMILES string of the molecule is CC(C)=Nc1ccc(-c2ccc(N)c(N)c2)cc1N. The van der Waals surface area contributed by atoms with Crippen molar-refractivity contribution < 1.29 is 0 Å². The molecule has 0 aliphatic heterocycles. The molecule has 0 fully saturated rings. The van der Waals surface area contributed by atoms with Gasteiger partial charge >= 0.3 is 0 Å². The van der Waals surface area contributed by atoms with Crippen LogP contribution in [0.4, 0.5) is 22.7 Å². The Kier molecular flexibility index (Phi) is 3.42. The first-order valence-corrected chi connectivity index (χ1v) is 6.04. The first-order valence-electron chi connectivity index (χ1n) is 6.04. The Bertz CT molecular complexity index is 641. The molecule has 98 valence electrons. The number of anilines is 3. The molecular formula is C15H18N4. The maximum Gasteiger partial charge on any atom is 0.0858 e. The predicted octanol–water partition coefficient (Wildman–Crippen LogP) is 3.21. The summed E-state index contributed by atoms with van der Waals surface area (Å²) in [5.74, 6) is 0. The number of benzene rings is 2. The second kappa shape index (κ2) is 5.02. The molecule has 0 spiro atoms. The van der Waals surface area contributed by atoms with Crippen LogP contribution >= 0.6 is 0 Å². The molecule has 4 nitrogen and oxygen atoms in total. The van der Waals surface area contributed by atoms with Gasteiger partial charge in [-0.3, -0.25) is 4.99 Å². The van der Waals surface area contributed by atoms with Gasteiger partial charge in [-0.2, -0.15) is 0 Å². The topological polar surface area (TPSA) is 90.4 Å². The summed E-state index contributed by atoms with van der Waals surface area (Å²) in [7, 11) is 0. The summed E-state index contributed by atoms with van der Waals surface area (Å²) in [5.41, 5.74) is 23.1. The molecule has 0 saturated carbocycles. The van der Waals surface area contributed by atoms with Gasteiger partial charge in [0.15, 0.2) is 0 Å². The molecule has 0 unspecified atom stereocenters. The van der Waals surface area contributed by atoms with E-state index in [2.05, 4.69) is 4.99 Å². The Hall–Kier alpha value is -2.49. The van der Waals surface area contributed by atoms with E-state index in [1.165, 1.54) is 0 Å². The highest BCUT2D eigenvalue weighted by molar-refractivity contribution is 5.85. The van der Waals surface area contributed by atoms with E-state index >= 15 is 0 Å². The summed E-state index contributed by atoms with van der Waals surface area (Å²) in [6, 6.07) is 11.3. The third kappa shape index (κ3) is 2.85. The number of nitrogen functional groups attached to an aromatic ring is 3. The first kappa shape index (κ1) is 13.0. The molecule has 0 amide bonds. The van der Waals surface area contributed by atoms with Gasteiger partial charge in [-0.25, -0.2) is 0 Å². The summed E-state index contributed by atoms with van der Waals surface area (Å²) in [6.07, 6.45) is 0. The second-order valence-electron chi connectivity index (χ2n) is 4.68. The number of rotatable bonds is 2. The molecule has 0 heterocycles. The van der Waals surface area contributed by atoms with Crippen molar-refractivity contribution in [2.24, 2.45) is 4.99 Å². The van der Waals surface area contributed by atoms with Gasteiger partial charge in [0.1, 0.15) is 0 Å². The van der Waals surface area contributed by atoms with E-state index < -0.39 is 0 Å². The average molecular weight is 254 g/mol. The van der Waals surface area contributed by atoms with E-state index in [4.69, 9.17) is 17.2 Å². The van der Waals surface area contributed by atoms with Crippen molar-refractivity contribution >= 4 is 28.5 Å². The van der Waals surface area contributed by atoms with Gasteiger partial charge < -0.3 is 17.2 Å². The predicted molar refractivity (Wildman–Crippen MR) is 83.6 cm³/mol. The van der Waals surface area contributed by atoms with Crippen LogP contribution < -0.4 is 17.2 Å². The lowest BCUT2D eigenvalue weighted by Gasteiger charge is -2.08. The Morgan fingerprint density at radius 1 is 0.789 bits per heavy atom. The molecule has 0 atom stereocenters. The van der Waals surface area contributed by atoms with Crippen LogP contribution in [0.3, 0.4) is 0 Å². The maximum absolute atomic E-state index is 6.01. The first-order chi connectivity index (χ1) is 8.97. The van der Waals surface area contributed by atoms with Gasteiger partial charge in [-0.1, -0.05) is 12.1 Å². The lowest BCUT2D eigenvalue weighted by Crippen LogP contribution is -1.94. The molecule has 0 aliphatic carbocycles. The van der Waals surface area contributed by atoms with Gasteiger partial charge in [-0.05, 0) is 49.2 Å². The van der Waals surface area contributed by atoms with Gasteiger partial charge in [0, 0.05) is 5.71 Å². The summed E-state index contributed by atoms with van der Waals surface area (Å²) in [4.78, 5) is 4.37. The molecule has 0 radical (unpaired) electrons. The molecule has 6 N–H and O–H groups in total. The number of nitrogens with zero attached hydrogens (tertiary/aromatic N) is 1. The number of aliphatic imine (C=N–C) groups is 1. The van der Waals surface area contributed by atoms with E-state index in [1.54, 1.807) is 6.07 Å². The van der Waals surface area contributed by atoms with Gasteiger partial charge in [0.2, 0.25) is 0 Å². The molecule has 0 saturated heterocycles. The Balaban J connectivity index is 2.44. The van der Waals surface area contributed by atoms with Gasteiger partial charge in [0.25, 0.3) is 0 Å². The molecule has 2 aromatic carbocycles.